The van der Waals surface area contributed by atoms with E-state index < -0.39 is 6.10 Å². The topological polar surface area (TPSA) is 78.9 Å². The van der Waals surface area contributed by atoms with Gasteiger partial charge in [0.25, 0.3) is 0 Å². The van der Waals surface area contributed by atoms with Crippen molar-refractivity contribution in [1.82, 2.24) is 0 Å². The third-order valence-electron chi connectivity index (χ3n) is 9.81. The van der Waals surface area contributed by atoms with E-state index >= 15 is 0 Å². The molecule has 0 aromatic carbocycles. The highest BCUT2D eigenvalue weighted by Crippen LogP contribution is 2.12. The minimum Gasteiger partial charge on any atom is -0.462 e. The molecule has 0 amide bonds. The molecule has 0 radical (unpaired) electrons. The van der Waals surface area contributed by atoms with Gasteiger partial charge in [0, 0.05) is 19.3 Å². The highest BCUT2D eigenvalue weighted by Gasteiger charge is 2.19. The minimum atomic E-state index is -0.832. The Balaban J connectivity index is 4.63. The molecule has 0 saturated carbocycles. The van der Waals surface area contributed by atoms with Gasteiger partial charge in [-0.25, -0.2) is 0 Å². The molecule has 360 valence electrons. The van der Waals surface area contributed by atoms with E-state index in [9.17, 15) is 14.4 Å². The van der Waals surface area contributed by atoms with Crippen LogP contribution in [0.4, 0.5) is 0 Å². The molecular weight excluding hydrogens is 805 g/mol. The molecule has 65 heavy (non-hydrogen) atoms. The number of allylic oxidation sites excluding steroid dienone is 26. The van der Waals surface area contributed by atoms with Crippen LogP contribution < -0.4 is 0 Å². The van der Waals surface area contributed by atoms with Gasteiger partial charge in [0.15, 0.2) is 6.10 Å². The number of hydrogen-bond acceptors (Lipinski definition) is 6. The molecule has 0 aromatic heterocycles. The number of carbonyl (C=O) groups is 3. The Bertz CT molecular complexity index is 1540. The molecule has 0 aromatic rings. The lowest BCUT2D eigenvalue weighted by Crippen LogP contribution is -2.30. The molecule has 0 N–H and O–H groups in total. The molecule has 0 bridgehead atoms. The van der Waals surface area contributed by atoms with Gasteiger partial charge >= 0.3 is 17.9 Å². The first-order chi connectivity index (χ1) is 32.0. The summed E-state index contributed by atoms with van der Waals surface area (Å²) in [5.74, 6) is -1.04. The number of hydrogen-bond donors (Lipinski definition) is 0. The van der Waals surface area contributed by atoms with Crippen LogP contribution in [0.25, 0.3) is 0 Å². The van der Waals surface area contributed by atoms with E-state index in [-0.39, 0.29) is 44.0 Å². The van der Waals surface area contributed by atoms with Crippen molar-refractivity contribution in [2.24, 2.45) is 0 Å². The molecule has 0 rings (SSSR count). The van der Waals surface area contributed by atoms with Gasteiger partial charge in [0.05, 0.1) is 0 Å². The molecule has 0 heterocycles. The van der Waals surface area contributed by atoms with Crippen molar-refractivity contribution in [3.05, 3.63) is 158 Å². The van der Waals surface area contributed by atoms with Crippen LogP contribution in [-0.4, -0.2) is 37.2 Å². The second kappa shape index (κ2) is 51.7. The number of ether oxygens (including phenoxy) is 3. The molecule has 0 aliphatic heterocycles. The lowest BCUT2D eigenvalue weighted by Gasteiger charge is -2.18. The molecule has 0 aliphatic rings. The van der Waals surface area contributed by atoms with Crippen molar-refractivity contribution >= 4 is 17.9 Å². The Labute approximate surface area is 397 Å². The van der Waals surface area contributed by atoms with E-state index in [2.05, 4.69) is 69.4 Å². The average Bonchev–Trinajstić information content (AvgIpc) is 3.30. The van der Waals surface area contributed by atoms with Gasteiger partial charge in [0.1, 0.15) is 13.2 Å². The van der Waals surface area contributed by atoms with E-state index in [0.717, 1.165) is 89.9 Å². The van der Waals surface area contributed by atoms with E-state index in [1.165, 1.54) is 32.1 Å². The summed E-state index contributed by atoms with van der Waals surface area (Å²) in [6.07, 6.45) is 75.0. The SMILES string of the molecule is CC\C=C/C=C\C=C/C=C\C=C/CCCCCC(=O)OC(COC(=O)CCCCC\C=C/C=C/C=C\C=C/C=C\C=C/CC)COC(=O)CCCCCCCC/C=C\C=C/CCCCC. The van der Waals surface area contributed by atoms with Crippen LogP contribution in [0, 0.1) is 0 Å². The summed E-state index contributed by atoms with van der Waals surface area (Å²) < 4.78 is 16.7. The van der Waals surface area contributed by atoms with Crippen molar-refractivity contribution in [3.63, 3.8) is 0 Å². The van der Waals surface area contributed by atoms with Crippen LogP contribution in [-0.2, 0) is 28.6 Å². The smallest absolute Gasteiger partial charge is 0.306 e. The predicted octanol–water partition coefficient (Wildman–Crippen LogP) is 16.6. The third-order valence-corrected chi connectivity index (χ3v) is 9.81. The molecule has 0 aliphatic carbocycles. The largest absolute Gasteiger partial charge is 0.462 e. The summed E-state index contributed by atoms with van der Waals surface area (Å²) in [7, 11) is 0. The number of carbonyl (C=O) groups excluding carboxylic acids is 3. The zero-order valence-corrected chi connectivity index (χ0v) is 40.9. The molecule has 6 nitrogen and oxygen atoms in total. The number of rotatable bonds is 42. The van der Waals surface area contributed by atoms with Gasteiger partial charge in [-0.05, 0) is 83.5 Å². The second-order valence-corrected chi connectivity index (χ2v) is 15.9. The van der Waals surface area contributed by atoms with Crippen LogP contribution in [0.2, 0.25) is 0 Å². The fourth-order valence-corrected chi connectivity index (χ4v) is 6.07. The van der Waals surface area contributed by atoms with Crippen LogP contribution in [0.3, 0.4) is 0 Å². The fraction of sp³-hybridized carbons (Fsp3) is 0.508. The normalized spacial score (nSPS) is 13.5. The van der Waals surface area contributed by atoms with Gasteiger partial charge < -0.3 is 14.2 Å². The monoisotopic (exact) mass is 893 g/mol. The van der Waals surface area contributed by atoms with Gasteiger partial charge in [-0.3, -0.25) is 14.4 Å². The number of esters is 3. The fourth-order valence-electron chi connectivity index (χ4n) is 6.07. The van der Waals surface area contributed by atoms with E-state index in [1.807, 2.05) is 109 Å². The van der Waals surface area contributed by atoms with Crippen molar-refractivity contribution in [2.45, 2.75) is 181 Å². The molecule has 1 atom stereocenters. The third kappa shape index (κ3) is 49.9. The Morgan fingerprint density at radius 1 is 0.323 bits per heavy atom. The van der Waals surface area contributed by atoms with Crippen molar-refractivity contribution < 1.29 is 28.6 Å². The molecular formula is C59H88O6. The summed E-state index contributed by atoms with van der Waals surface area (Å²) in [5.41, 5.74) is 0. The Morgan fingerprint density at radius 2 is 0.600 bits per heavy atom. The highest BCUT2D eigenvalue weighted by atomic mass is 16.6. The maximum Gasteiger partial charge on any atom is 0.306 e. The minimum absolute atomic E-state index is 0.124. The highest BCUT2D eigenvalue weighted by molar-refractivity contribution is 5.71. The van der Waals surface area contributed by atoms with Crippen LogP contribution in [0.5, 0.6) is 0 Å². The second-order valence-electron chi connectivity index (χ2n) is 15.9. The first-order valence-corrected chi connectivity index (χ1v) is 25.2. The summed E-state index contributed by atoms with van der Waals surface area (Å²) >= 11 is 0. The number of unbranched alkanes of at least 4 members (excludes halogenated alkanes) is 15. The molecule has 0 fully saturated rings. The standard InChI is InChI=1S/C59H88O6/c1-4-7-10-13-16-19-22-25-28-29-32-34-37-40-43-46-49-52-58(61)64-55-56(65-59(62)53-50-47-44-41-38-35-31-27-24-21-18-15-12-9-6-3)54-63-57(60)51-48-45-42-39-36-33-30-26-23-20-17-14-11-8-5-2/h7,9-10,12-13,15-29,31-32,34-35,37-38,56H,4-6,8,11,14,30,33,36,39-55H2,1-3H3/b10-7-,12-9-,16-13-,18-15-,20-17-,22-19-,24-21-,26-23-,28-25-,31-27-,32-29+,37-34-,38-35-. The van der Waals surface area contributed by atoms with Gasteiger partial charge in [-0.1, -0.05) is 230 Å². The summed E-state index contributed by atoms with van der Waals surface area (Å²) in [6, 6.07) is 0. The zero-order valence-electron chi connectivity index (χ0n) is 40.9. The van der Waals surface area contributed by atoms with E-state index in [4.69, 9.17) is 14.2 Å². The first kappa shape index (κ1) is 60.0. The van der Waals surface area contributed by atoms with Crippen molar-refractivity contribution in [3.8, 4) is 0 Å². The molecule has 0 spiro atoms. The van der Waals surface area contributed by atoms with Crippen LogP contribution in [0.15, 0.2) is 158 Å². The quantitative estimate of drug-likeness (QED) is 0.0263. The average molecular weight is 893 g/mol. The predicted molar refractivity (Wildman–Crippen MR) is 278 cm³/mol. The summed E-state index contributed by atoms with van der Waals surface area (Å²) in [6.45, 7) is 6.20. The Morgan fingerprint density at radius 3 is 0.969 bits per heavy atom. The van der Waals surface area contributed by atoms with Crippen molar-refractivity contribution in [2.75, 3.05) is 13.2 Å². The lowest BCUT2D eigenvalue weighted by atomic mass is 10.1. The van der Waals surface area contributed by atoms with Crippen LogP contribution >= 0.6 is 0 Å². The Kier molecular flexibility index (Phi) is 47.7. The maximum atomic E-state index is 12.8. The van der Waals surface area contributed by atoms with Crippen molar-refractivity contribution in [1.29, 1.82) is 0 Å². The molecule has 6 heteroatoms. The van der Waals surface area contributed by atoms with E-state index in [0.29, 0.717) is 19.3 Å². The lowest BCUT2D eigenvalue weighted by molar-refractivity contribution is -0.167. The summed E-state index contributed by atoms with van der Waals surface area (Å²) in [4.78, 5) is 38.0. The maximum absolute atomic E-state index is 12.8. The van der Waals surface area contributed by atoms with Gasteiger partial charge in [-0.2, -0.15) is 0 Å². The summed E-state index contributed by atoms with van der Waals surface area (Å²) in [5, 5.41) is 0. The first-order valence-electron chi connectivity index (χ1n) is 25.2. The van der Waals surface area contributed by atoms with Gasteiger partial charge in [0.2, 0.25) is 0 Å². The van der Waals surface area contributed by atoms with Crippen LogP contribution in [0.1, 0.15) is 175 Å². The molecule has 1 unspecified atom stereocenters. The Hall–Kier alpha value is -4.97. The zero-order chi connectivity index (χ0) is 47.2. The van der Waals surface area contributed by atoms with Gasteiger partial charge in [-0.15, -0.1) is 0 Å². The van der Waals surface area contributed by atoms with E-state index in [1.54, 1.807) is 0 Å². The molecule has 0 saturated heterocycles.